The molecule has 1 aliphatic heterocycles. The SMILES string of the molecule is CC1CN(C(=O)NCc2nc3ccccc3s2)CC(c2ccsc2)O1. The van der Waals surface area contributed by atoms with Crippen LogP contribution in [0.5, 0.6) is 0 Å². The lowest BCUT2D eigenvalue weighted by Gasteiger charge is -2.36. The molecular weight excluding hydrogens is 354 g/mol. The molecule has 1 fully saturated rings. The number of morpholine rings is 1. The number of thiophene rings is 1. The highest BCUT2D eigenvalue weighted by molar-refractivity contribution is 7.18. The summed E-state index contributed by atoms with van der Waals surface area (Å²) in [6.07, 6.45) is -0.0324. The molecule has 1 aliphatic rings. The molecule has 1 N–H and O–H groups in total. The second-order valence-corrected chi connectivity index (χ2v) is 8.03. The van der Waals surface area contributed by atoms with Crippen LogP contribution < -0.4 is 5.32 Å². The van der Waals surface area contributed by atoms with Crippen molar-refractivity contribution in [2.24, 2.45) is 0 Å². The molecule has 0 bridgehead atoms. The Morgan fingerprint density at radius 2 is 2.24 bits per heavy atom. The van der Waals surface area contributed by atoms with Gasteiger partial charge in [-0.25, -0.2) is 9.78 Å². The van der Waals surface area contributed by atoms with Crippen molar-refractivity contribution in [3.63, 3.8) is 0 Å². The molecule has 25 heavy (non-hydrogen) atoms. The minimum absolute atomic E-state index is 0.0202. The second kappa shape index (κ2) is 7.11. The van der Waals surface area contributed by atoms with Crippen LogP contribution in [-0.2, 0) is 11.3 Å². The van der Waals surface area contributed by atoms with E-state index in [1.807, 2.05) is 41.5 Å². The van der Waals surface area contributed by atoms with E-state index in [1.165, 1.54) is 0 Å². The number of amides is 2. The normalized spacial score (nSPS) is 20.8. The van der Waals surface area contributed by atoms with Crippen molar-refractivity contribution in [3.8, 4) is 0 Å². The van der Waals surface area contributed by atoms with E-state index in [-0.39, 0.29) is 18.2 Å². The third kappa shape index (κ3) is 3.68. The number of rotatable bonds is 3. The molecule has 5 nitrogen and oxygen atoms in total. The number of para-hydroxylation sites is 1. The van der Waals surface area contributed by atoms with Crippen molar-refractivity contribution in [1.29, 1.82) is 0 Å². The Bertz CT molecular complexity index is 829. The molecule has 1 saturated heterocycles. The number of hydrogen-bond acceptors (Lipinski definition) is 5. The van der Waals surface area contributed by atoms with Crippen molar-refractivity contribution < 1.29 is 9.53 Å². The quantitative estimate of drug-likeness (QED) is 0.754. The monoisotopic (exact) mass is 373 g/mol. The molecule has 2 unspecified atom stereocenters. The van der Waals surface area contributed by atoms with E-state index in [4.69, 9.17) is 4.74 Å². The first kappa shape index (κ1) is 16.5. The maximum atomic E-state index is 12.6. The average Bonchev–Trinajstić information content (AvgIpc) is 3.28. The molecule has 2 aromatic heterocycles. The lowest BCUT2D eigenvalue weighted by Crippen LogP contribution is -2.49. The zero-order chi connectivity index (χ0) is 17.2. The van der Waals surface area contributed by atoms with Crippen LogP contribution in [0.2, 0.25) is 0 Å². The molecule has 0 radical (unpaired) electrons. The highest BCUT2D eigenvalue weighted by Gasteiger charge is 2.29. The third-order valence-corrected chi connectivity index (χ3v) is 5.93. The molecule has 2 amide bonds. The highest BCUT2D eigenvalue weighted by Crippen LogP contribution is 2.27. The van der Waals surface area contributed by atoms with Gasteiger partial charge in [0.2, 0.25) is 0 Å². The molecule has 0 aliphatic carbocycles. The molecule has 130 valence electrons. The van der Waals surface area contributed by atoms with Gasteiger partial charge in [-0.2, -0.15) is 11.3 Å². The summed E-state index contributed by atoms with van der Waals surface area (Å²) in [6.45, 7) is 3.64. The maximum absolute atomic E-state index is 12.6. The Kier molecular flexibility index (Phi) is 4.70. The summed E-state index contributed by atoms with van der Waals surface area (Å²) in [7, 11) is 0. The van der Waals surface area contributed by atoms with Gasteiger partial charge in [0.15, 0.2) is 0 Å². The maximum Gasteiger partial charge on any atom is 0.317 e. The predicted molar refractivity (Wildman–Crippen MR) is 101 cm³/mol. The second-order valence-electron chi connectivity index (χ2n) is 6.13. The number of benzene rings is 1. The van der Waals surface area contributed by atoms with Gasteiger partial charge in [-0.15, -0.1) is 11.3 Å². The van der Waals surface area contributed by atoms with E-state index in [2.05, 4.69) is 21.7 Å². The van der Waals surface area contributed by atoms with Crippen LogP contribution in [0.3, 0.4) is 0 Å². The Hall–Kier alpha value is -1.96. The summed E-state index contributed by atoms with van der Waals surface area (Å²) < 4.78 is 7.13. The van der Waals surface area contributed by atoms with Crippen LogP contribution >= 0.6 is 22.7 Å². The van der Waals surface area contributed by atoms with Gasteiger partial charge in [-0.1, -0.05) is 12.1 Å². The van der Waals surface area contributed by atoms with Gasteiger partial charge in [0.05, 0.1) is 29.4 Å². The van der Waals surface area contributed by atoms with Gasteiger partial charge < -0.3 is 15.0 Å². The molecule has 0 saturated carbocycles. The molecule has 4 rings (SSSR count). The number of thiazole rings is 1. The third-order valence-electron chi connectivity index (χ3n) is 4.19. The first-order valence-corrected chi connectivity index (χ1v) is 10.00. The highest BCUT2D eigenvalue weighted by atomic mass is 32.1. The summed E-state index contributed by atoms with van der Waals surface area (Å²) in [5.74, 6) is 0. The fraction of sp³-hybridized carbons (Fsp3) is 0.333. The summed E-state index contributed by atoms with van der Waals surface area (Å²) in [5, 5.41) is 8.04. The average molecular weight is 374 g/mol. The summed E-state index contributed by atoms with van der Waals surface area (Å²) in [5.41, 5.74) is 2.12. The first-order chi connectivity index (χ1) is 12.2. The zero-order valence-electron chi connectivity index (χ0n) is 13.8. The van der Waals surface area contributed by atoms with E-state index in [9.17, 15) is 4.79 Å². The summed E-state index contributed by atoms with van der Waals surface area (Å²) in [4.78, 5) is 19.0. The number of carbonyl (C=O) groups is 1. The molecular formula is C18H19N3O2S2. The lowest BCUT2D eigenvalue weighted by atomic mass is 10.1. The van der Waals surface area contributed by atoms with E-state index in [0.717, 1.165) is 20.8 Å². The number of carbonyl (C=O) groups excluding carboxylic acids is 1. The number of hydrogen-bond donors (Lipinski definition) is 1. The molecule has 1 aromatic carbocycles. The standard InChI is InChI=1S/C18H19N3O2S2/c1-12-9-21(10-15(23-12)13-6-7-24-11-13)18(22)19-8-17-20-14-4-2-3-5-16(14)25-17/h2-7,11-12,15H,8-10H2,1H3,(H,19,22). The number of nitrogens with one attached hydrogen (secondary N) is 1. The molecule has 3 aromatic rings. The van der Waals surface area contributed by atoms with Crippen LogP contribution in [0.15, 0.2) is 41.1 Å². The fourth-order valence-electron chi connectivity index (χ4n) is 3.02. The van der Waals surface area contributed by atoms with Gasteiger partial charge in [-0.3, -0.25) is 0 Å². The van der Waals surface area contributed by atoms with Gasteiger partial charge in [0.25, 0.3) is 0 Å². The molecule has 3 heterocycles. The van der Waals surface area contributed by atoms with Gasteiger partial charge in [0.1, 0.15) is 11.1 Å². The smallest absolute Gasteiger partial charge is 0.317 e. The minimum Gasteiger partial charge on any atom is -0.367 e. The van der Waals surface area contributed by atoms with Crippen molar-refractivity contribution in [2.45, 2.75) is 25.7 Å². The Morgan fingerprint density at radius 3 is 3.04 bits per heavy atom. The van der Waals surface area contributed by atoms with E-state index < -0.39 is 0 Å². The van der Waals surface area contributed by atoms with Crippen molar-refractivity contribution in [2.75, 3.05) is 13.1 Å². The van der Waals surface area contributed by atoms with Crippen LogP contribution in [0.4, 0.5) is 4.79 Å². The van der Waals surface area contributed by atoms with Gasteiger partial charge in [-0.05, 0) is 41.4 Å². The zero-order valence-corrected chi connectivity index (χ0v) is 15.5. The van der Waals surface area contributed by atoms with E-state index in [1.54, 1.807) is 22.7 Å². The van der Waals surface area contributed by atoms with Crippen molar-refractivity contribution >= 4 is 38.9 Å². The molecule has 0 spiro atoms. The van der Waals surface area contributed by atoms with Crippen molar-refractivity contribution in [3.05, 3.63) is 51.7 Å². The first-order valence-electron chi connectivity index (χ1n) is 8.24. The number of aromatic nitrogens is 1. The summed E-state index contributed by atoms with van der Waals surface area (Å²) in [6, 6.07) is 10.0. The topological polar surface area (TPSA) is 54.5 Å². The van der Waals surface area contributed by atoms with Gasteiger partial charge in [0, 0.05) is 6.54 Å². The van der Waals surface area contributed by atoms with E-state index in [0.29, 0.717) is 19.6 Å². The van der Waals surface area contributed by atoms with Crippen molar-refractivity contribution in [1.82, 2.24) is 15.2 Å². The molecule has 2 atom stereocenters. The van der Waals surface area contributed by atoms with Crippen LogP contribution in [-0.4, -0.2) is 35.1 Å². The Labute approximate surface area is 154 Å². The van der Waals surface area contributed by atoms with Crippen LogP contribution in [0.1, 0.15) is 23.6 Å². The molecule has 7 heteroatoms. The Balaban J connectivity index is 1.39. The number of ether oxygens (including phenoxy) is 1. The van der Waals surface area contributed by atoms with E-state index >= 15 is 0 Å². The van der Waals surface area contributed by atoms with Crippen LogP contribution in [0.25, 0.3) is 10.2 Å². The number of fused-ring (bicyclic) bond motifs is 1. The minimum atomic E-state index is -0.0605. The fourth-order valence-corrected chi connectivity index (χ4v) is 4.63. The largest absolute Gasteiger partial charge is 0.367 e. The van der Waals surface area contributed by atoms with Gasteiger partial charge >= 0.3 is 6.03 Å². The number of urea groups is 1. The predicted octanol–water partition coefficient (Wildman–Crippen LogP) is 4.03. The summed E-state index contributed by atoms with van der Waals surface area (Å²) >= 11 is 3.26. The van der Waals surface area contributed by atoms with Crippen LogP contribution in [0, 0.1) is 0 Å². The Morgan fingerprint density at radius 1 is 1.36 bits per heavy atom. The number of nitrogens with zero attached hydrogens (tertiary/aromatic N) is 2. The lowest BCUT2D eigenvalue weighted by molar-refractivity contribution is -0.0655.